The molecule has 2 heterocycles. The predicted molar refractivity (Wildman–Crippen MR) is 72.5 cm³/mol. The highest BCUT2D eigenvalue weighted by Crippen LogP contribution is 2.10. The second kappa shape index (κ2) is 5.95. The molecule has 0 radical (unpaired) electrons. The molecule has 0 atom stereocenters. The van der Waals surface area contributed by atoms with Crippen LogP contribution in [0.25, 0.3) is 0 Å². The van der Waals surface area contributed by atoms with Crippen molar-refractivity contribution in [2.75, 3.05) is 17.2 Å². The smallest absolute Gasteiger partial charge is 0.224 e. The van der Waals surface area contributed by atoms with Crippen LogP contribution in [0.5, 0.6) is 0 Å². The third-order valence-electron chi connectivity index (χ3n) is 2.41. The molecule has 0 unspecified atom stereocenters. The van der Waals surface area contributed by atoms with Crippen LogP contribution in [0.2, 0.25) is 0 Å². The molecule has 2 N–H and O–H groups in total. The van der Waals surface area contributed by atoms with Crippen LogP contribution in [0.4, 0.5) is 11.8 Å². The van der Waals surface area contributed by atoms with Gasteiger partial charge in [-0.15, -0.1) is 0 Å². The topological polar surface area (TPSA) is 62.7 Å². The SMILES string of the molecule is CCNc1nc(C)cc(NCc2ccncc2)n1. The van der Waals surface area contributed by atoms with E-state index in [1.165, 1.54) is 5.56 Å². The number of pyridine rings is 1. The first-order chi connectivity index (χ1) is 8.78. The lowest BCUT2D eigenvalue weighted by atomic mass is 10.3. The highest BCUT2D eigenvalue weighted by Gasteiger charge is 2.01. The number of rotatable bonds is 5. The molecular formula is C13H17N5. The summed E-state index contributed by atoms with van der Waals surface area (Å²) in [7, 11) is 0. The Morgan fingerprint density at radius 1 is 1.11 bits per heavy atom. The highest BCUT2D eigenvalue weighted by molar-refractivity contribution is 5.42. The van der Waals surface area contributed by atoms with Gasteiger partial charge in [0.2, 0.25) is 5.95 Å². The maximum absolute atomic E-state index is 4.39. The molecule has 5 nitrogen and oxygen atoms in total. The van der Waals surface area contributed by atoms with E-state index in [-0.39, 0.29) is 0 Å². The molecule has 0 aliphatic heterocycles. The van der Waals surface area contributed by atoms with E-state index in [1.807, 2.05) is 32.0 Å². The minimum absolute atomic E-state index is 0.662. The number of aromatic nitrogens is 3. The molecule has 2 rings (SSSR count). The Hall–Kier alpha value is -2.17. The van der Waals surface area contributed by atoms with Gasteiger partial charge < -0.3 is 10.6 Å². The third-order valence-corrected chi connectivity index (χ3v) is 2.41. The first kappa shape index (κ1) is 12.3. The summed E-state index contributed by atoms with van der Waals surface area (Å²) in [5, 5.41) is 6.40. The van der Waals surface area contributed by atoms with E-state index < -0.39 is 0 Å². The van der Waals surface area contributed by atoms with Gasteiger partial charge in [0.1, 0.15) is 5.82 Å². The molecule has 5 heteroatoms. The molecule has 2 aromatic rings. The van der Waals surface area contributed by atoms with Gasteiger partial charge in [-0.2, -0.15) is 4.98 Å². The fraction of sp³-hybridized carbons (Fsp3) is 0.308. The van der Waals surface area contributed by atoms with Crippen LogP contribution in [0.1, 0.15) is 18.2 Å². The van der Waals surface area contributed by atoms with E-state index in [0.717, 1.165) is 24.6 Å². The van der Waals surface area contributed by atoms with Crippen molar-refractivity contribution in [1.29, 1.82) is 0 Å². The lowest BCUT2D eigenvalue weighted by molar-refractivity contribution is 1.03. The predicted octanol–water partition coefficient (Wildman–Crippen LogP) is 2.22. The molecule has 0 aromatic carbocycles. The first-order valence-corrected chi connectivity index (χ1v) is 6.00. The van der Waals surface area contributed by atoms with Gasteiger partial charge in [0.25, 0.3) is 0 Å². The number of anilines is 2. The van der Waals surface area contributed by atoms with Crippen LogP contribution in [0.3, 0.4) is 0 Å². The fourth-order valence-electron chi connectivity index (χ4n) is 1.59. The zero-order valence-corrected chi connectivity index (χ0v) is 10.6. The zero-order chi connectivity index (χ0) is 12.8. The Kier molecular flexibility index (Phi) is 4.06. The van der Waals surface area contributed by atoms with Crippen molar-refractivity contribution in [3.8, 4) is 0 Å². The lowest BCUT2D eigenvalue weighted by Crippen LogP contribution is -2.07. The van der Waals surface area contributed by atoms with Gasteiger partial charge >= 0.3 is 0 Å². The lowest BCUT2D eigenvalue weighted by Gasteiger charge is -2.08. The molecule has 94 valence electrons. The molecular weight excluding hydrogens is 226 g/mol. The fourth-order valence-corrected chi connectivity index (χ4v) is 1.59. The van der Waals surface area contributed by atoms with Crippen molar-refractivity contribution in [2.45, 2.75) is 20.4 Å². The number of aryl methyl sites for hydroxylation is 1. The number of nitrogens with one attached hydrogen (secondary N) is 2. The van der Waals surface area contributed by atoms with Crippen LogP contribution < -0.4 is 10.6 Å². The summed E-state index contributed by atoms with van der Waals surface area (Å²) >= 11 is 0. The number of nitrogens with zero attached hydrogens (tertiary/aromatic N) is 3. The van der Waals surface area contributed by atoms with Crippen LogP contribution >= 0.6 is 0 Å². The summed E-state index contributed by atoms with van der Waals surface area (Å²) in [6.45, 7) is 5.52. The second-order valence-corrected chi connectivity index (χ2v) is 3.96. The summed E-state index contributed by atoms with van der Waals surface area (Å²) in [4.78, 5) is 12.7. The molecule has 0 aliphatic carbocycles. The molecule has 0 saturated heterocycles. The molecule has 0 bridgehead atoms. The number of hydrogen-bond donors (Lipinski definition) is 2. The standard InChI is InChI=1S/C13H17N5/c1-3-15-13-17-10(2)8-12(18-13)16-9-11-4-6-14-7-5-11/h4-8H,3,9H2,1-2H3,(H2,15,16,17,18). The average molecular weight is 243 g/mol. The molecule has 0 fully saturated rings. The van der Waals surface area contributed by atoms with Gasteiger partial charge in [-0.3, -0.25) is 4.98 Å². The minimum atomic E-state index is 0.662. The Morgan fingerprint density at radius 3 is 2.61 bits per heavy atom. The Labute approximate surface area is 107 Å². The molecule has 0 aliphatic rings. The highest BCUT2D eigenvalue weighted by atomic mass is 15.1. The summed E-state index contributed by atoms with van der Waals surface area (Å²) in [5.41, 5.74) is 2.12. The molecule has 2 aromatic heterocycles. The van der Waals surface area contributed by atoms with Crippen molar-refractivity contribution < 1.29 is 0 Å². The van der Waals surface area contributed by atoms with Gasteiger partial charge in [0.15, 0.2) is 0 Å². The first-order valence-electron chi connectivity index (χ1n) is 6.00. The zero-order valence-electron chi connectivity index (χ0n) is 10.6. The van der Waals surface area contributed by atoms with E-state index in [1.54, 1.807) is 12.4 Å². The second-order valence-electron chi connectivity index (χ2n) is 3.96. The van der Waals surface area contributed by atoms with Crippen LogP contribution in [-0.4, -0.2) is 21.5 Å². The minimum Gasteiger partial charge on any atom is -0.366 e. The van der Waals surface area contributed by atoms with Gasteiger partial charge in [-0.1, -0.05) is 0 Å². The maximum atomic E-state index is 4.39. The molecule has 0 spiro atoms. The summed E-state index contributed by atoms with van der Waals surface area (Å²) in [6.07, 6.45) is 3.57. The maximum Gasteiger partial charge on any atom is 0.224 e. The Morgan fingerprint density at radius 2 is 1.89 bits per heavy atom. The third kappa shape index (κ3) is 3.41. The Balaban J connectivity index is 2.05. The number of hydrogen-bond acceptors (Lipinski definition) is 5. The largest absolute Gasteiger partial charge is 0.366 e. The van der Waals surface area contributed by atoms with Crippen LogP contribution in [-0.2, 0) is 6.54 Å². The van der Waals surface area contributed by atoms with Gasteiger partial charge in [-0.25, -0.2) is 4.98 Å². The van der Waals surface area contributed by atoms with Crippen LogP contribution in [0.15, 0.2) is 30.6 Å². The summed E-state index contributed by atoms with van der Waals surface area (Å²) in [6, 6.07) is 5.89. The average Bonchev–Trinajstić information content (AvgIpc) is 2.37. The van der Waals surface area contributed by atoms with Crippen LogP contribution in [0, 0.1) is 6.92 Å². The quantitative estimate of drug-likeness (QED) is 0.843. The summed E-state index contributed by atoms with van der Waals surface area (Å²) in [5.74, 6) is 1.49. The van der Waals surface area contributed by atoms with E-state index >= 15 is 0 Å². The summed E-state index contributed by atoms with van der Waals surface area (Å²) < 4.78 is 0. The van der Waals surface area contributed by atoms with Crippen molar-refractivity contribution in [1.82, 2.24) is 15.0 Å². The van der Waals surface area contributed by atoms with Crippen molar-refractivity contribution >= 4 is 11.8 Å². The molecule has 18 heavy (non-hydrogen) atoms. The Bertz CT molecular complexity index is 498. The van der Waals surface area contributed by atoms with Gasteiger partial charge in [-0.05, 0) is 31.5 Å². The van der Waals surface area contributed by atoms with Crippen molar-refractivity contribution in [3.05, 3.63) is 41.9 Å². The molecule has 0 amide bonds. The van der Waals surface area contributed by atoms with E-state index in [4.69, 9.17) is 0 Å². The van der Waals surface area contributed by atoms with Crippen molar-refractivity contribution in [2.24, 2.45) is 0 Å². The van der Waals surface area contributed by atoms with E-state index in [0.29, 0.717) is 5.95 Å². The van der Waals surface area contributed by atoms with E-state index in [9.17, 15) is 0 Å². The van der Waals surface area contributed by atoms with Crippen molar-refractivity contribution in [3.63, 3.8) is 0 Å². The monoisotopic (exact) mass is 243 g/mol. The van der Waals surface area contributed by atoms with Gasteiger partial charge in [0, 0.05) is 37.2 Å². The normalized spacial score (nSPS) is 10.1. The van der Waals surface area contributed by atoms with Gasteiger partial charge in [0.05, 0.1) is 0 Å². The molecule has 0 saturated carbocycles. The van der Waals surface area contributed by atoms with E-state index in [2.05, 4.69) is 25.6 Å².